The van der Waals surface area contributed by atoms with Gasteiger partial charge in [0.25, 0.3) is 5.91 Å². The number of amides is 1. The third-order valence-electron chi connectivity index (χ3n) is 3.02. The van der Waals surface area contributed by atoms with Crippen molar-refractivity contribution in [2.24, 2.45) is 0 Å². The summed E-state index contributed by atoms with van der Waals surface area (Å²) in [4.78, 5) is 18.5. The molecule has 1 aliphatic heterocycles. The van der Waals surface area contributed by atoms with Crippen molar-refractivity contribution in [2.75, 3.05) is 18.6 Å². The molecule has 0 bridgehead atoms. The summed E-state index contributed by atoms with van der Waals surface area (Å²) < 4.78 is 22.7. The Morgan fingerprint density at radius 2 is 2.29 bits per heavy atom. The van der Waals surface area contributed by atoms with Crippen molar-refractivity contribution in [3.63, 3.8) is 0 Å². The van der Waals surface area contributed by atoms with E-state index in [4.69, 9.17) is 0 Å². The van der Waals surface area contributed by atoms with Gasteiger partial charge in [-0.25, -0.2) is 13.4 Å². The van der Waals surface area contributed by atoms with Crippen LogP contribution in [-0.2, 0) is 9.84 Å². The SMILES string of the molecule is Cc1scnc1C(=O)N(C)C1CCS(=O)(=O)C1. The van der Waals surface area contributed by atoms with Crippen LogP contribution in [0.2, 0.25) is 0 Å². The molecule has 0 saturated carbocycles. The van der Waals surface area contributed by atoms with Gasteiger partial charge in [0.2, 0.25) is 0 Å². The summed E-state index contributed by atoms with van der Waals surface area (Å²) in [5.41, 5.74) is 2.06. The molecule has 1 amide bonds. The molecular formula is C10H14N2O3S2. The summed E-state index contributed by atoms with van der Waals surface area (Å²) in [7, 11) is -1.32. The number of rotatable bonds is 2. The van der Waals surface area contributed by atoms with E-state index in [1.807, 2.05) is 6.92 Å². The van der Waals surface area contributed by atoms with E-state index >= 15 is 0 Å². The average molecular weight is 274 g/mol. The minimum Gasteiger partial charge on any atom is -0.336 e. The number of aryl methyl sites for hydroxylation is 1. The van der Waals surface area contributed by atoms with E-state index in [9.17, 15) is 13.2 Å². The number of aromatic nitrogens is 1. The van der Waals surface area contributed by atoms with Gasteiger partial charge in [-0.2, -0.15) is 0 Å². The molecule has 0 aromatic carbocycles. The summed E-state index contributed by atoms with van der Waals surface area (Å²) in [6.45, 7) is 1.84. The molecular weight excluding hydrogens is 260 g/mol. The van der Waals surface area contributed by atoms with Crippen LogP contribution in [0.3, 0.4) is 0 Å². The number of carbonyl (C=O) groups is 1. The number of hydrogen-bond donors (Lipinski definition) is 0. The lowest BCUT2D eigenvalue weighted by molar-refractivity contribution is 0.0742. The molecule has 0 aliphatic carbocycles. The molecule has 0 radical (unpaired) electrons. The Labute approximate surface area is 104 Å². The van der Waals surface area contributed by atoms with Crippen molar-refractivity contribution < 1.29 is 13.2 Å². The van der Waals surface area contributed by atoms with E-state index in [1.165, 1.54) is 16.2 Å². The van der Waals surface area contributed by atoms with Crippen molar-refractivity contribution >= 4 is 27.1 Å². The number of carbonyl (C=O) groups excluding carboxylic acids is 1. The predicted octanol–water partition coefficient (Wildman–Crippen LogP) is 0.711. The molecule has 1 fully saturated rings. The van der Waals surface area contributed by atoms with E-state index in [2.05, 4.69) is 4.98 Å². The van der Waals surface area contributed by atoms with Crippen LogP contribution in [0.15, 0.2) is 5.51 Å². The van der Waals surface area contributed by atoms with Gasteiger partial charge in [0.05, 0.1) is 17.0 Å². The third kappa shape index (κ3) is 2.50. The van der Waals surface area contributed by atoms with Crippen molar-refractivity contribution in [3.8, 4) is 0 Å². The van der Waals surface area contributed by atoms with Crippen LogP contribution in [0.5, 0.6) is 0 Å². The minimum atomic E-state index is -2.96. The van der Waals surface area contributed by atoms with E-state index in [0.29, 0.717) is 12.1 Å². The summed E-state index contributed by atoms with van der Waals surface area (Å²) >= 11 is 1.42. The largest absolute Gasteiger partial charge is 0.336 e. The second-order valence-electron chi connectivity index (χ2n) is 4.23. The highest BCUT2D eigenvalue weighted by molar-refractivity contribution is 7.91. The number of thiazole rings is 1. The van der Waals surface area contributed by atoms with Crippen molar-refractivity contribution in [2.45, 2.75) is 19.4 Å². The Morgan fingerprint density at radius 1 is 1.59 bits per heavy atom. The minimum absolute atomic E-state index is 0.0679. The highest BCUT2D eigenvalue weighted by Gasteiger charge is 2.33. The van der Waals surface area contributed by atoms with E-state index < -0.39 is 9.84 Å². The standard InChI is InChI=1S/C10H14N2O3S2/c1-7-9(11-6-16-7)10(13)12(2)8-3-4-17(14,15)5-8/h6,8H,3-5H2,1-2H3. The van der Waals surface area contributed by atoms with Crippen LogP contribution in [0.1, 0.15) is 21.8 Å². The predicted molar refractivity (Wildman–Crippen MR) is 66.0 cm³/mol. The average Bonchev–Trinajstić information content (AvgIpc) is 2.82. The van der Waals surface area contributed by atoms with Crippen molar-refractivity contribution in [3.05, 3.63) is 16.1 Å². The van der Waals surface area contributed by atoms with Gasteiger partial charge < -0.3 is 4.90 Å². The first-order chi connectivity index (χ1) is 7.91. The molecule has 17 heavy (non-hydrogen) atoms. The lowest BCUT2D eigenvalue weighted by Crippen LogP contribution is -2.38. The van der Waals surface area contributed by atoms with Gasteiger partial charge in [-0.05, 0) is 13.3 Å². The Bertz CT molecular complexity index is 536. The van der Waals surface area contributed by atoms with Crippen LogP contribution in [0.4, 0.5) is 0 Å². The molecule has 2 heterocycles. The molecule has 1 saturated heterocycles. The summed E-state index contributed by atoms with van der Waals surface area (Å²) in [5, 5.41) is 0. The number of nitrogens with zero attached hydrogens (tertiary/aromatic N) is 2. The van der Waals surface area contributed by atoms with Gasteiger partial charge in [0.15, 0.2) is 9.84 Å². The number of hydrogen-bond acceptors (Lipinski definition) is 5. The molecule has 94 valence electrons. The Morgan fingerprint density at radius 3 is 2.76 bits per heavy atom. The molecule has 0 N–H and O–H groups in total. The van der Waals surface area contributed by atoms with E-state index in [0.717, 1.165) is 4.88 Å². The smallest absolute Gasteiger partial charge is 0.273 e. The van der Waals surface area contributed by atoms with Gasteiger partial charge in [0.1, 0.15) is 5.69 Å². The van der Waals surface area contributed by atoms with Gasteiger partial charge in [0, 0.05) is 18.0 Å². The summed E-state index contributed by atoms with van der Waals surface area (Å²) in [5.74, 6) is 0.0508. The van der Waals surface area contributed by atoms with Gasteiger partial charge >= 0.3 is 0 Å². The fourth-order valence-electron chi connectivity index (χ4n) is 1.92. The highest BCUT2D eigenvalue weighted by Crippen LogP contribution is 2.20. The zero-order valence-corrected chi connectivity index (χ0v) is 11.3. The highest BCUT2D eigenvalue weighted by atomic mass is 32.2. The molecule has 1 unspecified atom stereocenters. The normalized spacial score (nSPS) is 22.6. The second-order valence-corrected chi connectivity index (χ2v) is 7.52. The Balaban J connectivity index is 2.14. The Kier molecular flexibility index (Phi) is 3.22. The van der Waals surface area contributed by atoms with Crippen molar-refractivity contribution in [1.82, 2.24) is 9.88 Å². The lowest BCUT2D eigenvalue weighted by atomic mass is 10.2. The van der Waals surface area contributed by atoms with Gasteiger partial charge in [-0.3, -0.25) is 4.79 Å². The summed E-state index contributed by atoms with van der Waals surface area (Å²) in [6, 6.07) is -0.214. The molecule has 2 rings (SSSR count). The van der Waals surface area contributed by atoms with Gasteiger partial charge in [-0.1, -0.05) is 0 Å². The molecule has 0 spiro atoms. The Hall–Kier alpha value is -0.950. The van der Waals surface area contributed by atoms with Crippen LogP contribution < -0.4 is 0 Å². The molecule has 1 atom stereocenters. The van der Waals surface area contributed by atoms with E-state index in [-0.39, 0.29) is 23.5 Å². The maximum absolute atomic E-state index is 12.1. The third-order valence-corrected chi connectivity index (χ3v) is 5.53. The maximum Gasteiger partial charge on any atom is 0.273 e. The lowest BCUT2D eigenvalue weighted by Gasteiger charge is -2.22. The topological polar surface area (TPSA) is 67.3 Å². The second kappa shape index (κ2) is 4.38. The quantitative estimate of drug-likeness (QED) is 0.796. The monoisotopic (exact) mass is 274 g/mol. The molecule has 1 aromatic rings. The van der Waals surface area contributed by atoms with Crippen molar-refractivity contribution in [1.29, 1.82) is 0 Å². The molecule has 7 heteroatoms. The maximum atomic E-state index is 12.1. The van der Waals surface area contributed by atoms with Crippen LogP contribution in [-0.4, -0.2) is 48.8 Å². The fourth-order valence-corrected chi connectivity index (χ4v) is 4.27. The molecule has 1 aliphatic rings. The zero-order valence-electron chi connectivity index (χ0n) is 9.71. The van der Waals surface area contributed by atoms with Gasteiger partial charge in [-0.15, -0.1) is 11.3 Å². The number of sulfone groups is 1. The fraction of sp³-hybridized carbons (Fsp3) is 0.600. The van der Waals surface area contributed by atoms with Crippen LogP contribution in [0, 0.1) is 6.92 Å². The first-order valence-electron chi connectivity index (χ1n) is 5.28. The summed E-state index contributed by atoms with van der Waals surface area (Å²) in [6.07, 6.45) is 0.522. The zero-order chi connectivity index (χ0) is 12.6. The van der Waals surface area contributed by atoms with Crippen LogP contribution in [0.25, 0.3) is 0 Å². The first kappa shape index (κ1) is 12.5. The first-order valence-corrected chi connectivity index (χ1v) is 7.98. The molecule has 5 nitrogen and oxygen atoms in total. The molecule has 1 aromatic heterocycles. The van der Waals surface area contributed by atoms with E-state index in [1.54, 1.807) is 12.6 Å². The van der Waals surface area contributed by atoms with Crippen LogP contribution >= 0.6 is 11.3 Å².